The molecule has 0 saturated carbocycles. The Morgan fingerprint density at radius 2 is 2.16 bits per heavy atom. The van der Waals surface area contributed by atoms with Crippen molar-refractivity contribution >= 4 is 16.9 Å². The molecule has 0 unspecified atom stereocenters. The quantitative estimate of drug-likeness (QED) is 0.661. The van der Waals surface area contributed by atoms with Crippen LogP contribution in [-0.2, 0) is 0 Å². The molecule has 3 rings (SSSR count). The molecule has 3 aromatic rings. The molecule has 2 aromatic heterocycles. The third-order valence-electron chi connectivity index (χ3n) is 3.01. The lowest BCUT2D eigenvalue weighted by atomic mass is 10.1. The topological polar surface area (TPSA) is 81.8 Å². The molecule has 2 heterocycles. The lowest BCUT2D eigenvalue weighted by Gasteiger charge is -1.95. The second-order valence-corrected chi connectivity index (χ2v) is 4.29. The Kier molecular flexibility index (Phi) is 2.38. The molecule has 0 amide bonds. The van der Waals surface area contributed by atoms with Gasteiger partial charge in [0.05, 0.1) is 5.69 Å². The minimum Gasteiger partial charge on any atom is -0.477 e. The van der Waals surface area contributed by atoms with Crippen molar-refractivity contribution in [2.45, 2.75) is 6.92 Å². The van der Waals surface area contributed by atoms with Gasteiger partial charge >= 0.3 is 5.97 Å². The molecule has 0 atom stereocenters. The van der Waals surface area contributed by atoms with Crippen molar-refractivity contribution in [3.05, 3.63) is 41.5 Å². The van der Waals surface area contributed by atoms with Crippen LogP contribution in [0.15, 0.2) is 24.3 Å². The maximum absolute atomic E-state index is 13.2. The van der Waals surface area contributed by atoms with E-state index in [4.69, 9.17) is 5.11 Å². The third-order valence-corrected chi connectivity index (χ3v) is 3.01. The van der Waals surface area contributed by atoms with Crippen LogP contribution in [0.5, 0.6) is 0 Å². The average Bonchev–Trinajstić information content (AvgIpc) is 2.91. The molecule has 19 heavy (non-hydrogen) atoms. The Morgan fingerprint density at radius 1 is 1.37 bits per heavy atom. The molecule has 0 bridgehead atoms. The maximum atomic E-state index is 13.2. The number of nitrogens with zero attached hydrogens (tertiary/aromatic N) is 1. The molecule has 6 heteroatoms. The minimum absolute atomic E-state index is 0.0193. The summed E-state index contributed by atoms with van der Waals surface area (Å²) in [6.45, 7) is 1.84. The van der Waals surface area contributed by atoms with Crippen LogP contribution in [0.4, 0.5) is 4.39 Å². The van der Waals surface area contributed by atoms with Crippen LogP contribution in [0, 0.1) is 12.7 Å². The summed E-state index contributed by atoms with van der Waals surface area (Å²) in [5.74, 6) is -1.39. The number of fused-ring (bicyclic) bond motifs is 1. The van der Waals surface area contributed by atoms with Gasteiger partial charge in [-0.1, -0.05) is 0 Å². The summed E-state index contributed by atoms with van der Waals surface area (Å²) in [5, 5.41) is 16.1. The standard InChI is InChI=1S/C13H10FN3O2/c1-6-12(10-5-11(13(18)19)17-16-10)8-3-2-7(14)4-9(8)15-6/h2-5,15H,1H3,(H,16,17)(H,18,19). The van der Waals surface area contributed by atoms with E-state index in [-0.39, 0.29) is 11.5 Å². The predicted molar refractivity (Wildman–Crippen MR) is 67.5 cm³/mol. The SMILES string of the molecule is Cc1[nH]c2cc(F)ccc2c1-c1cc(C(=O)O)[nH]n1. The van der Waals surface area contributed by atoms with Gasteiger partial charge in [-0.15, -0.1) is 0 Å². The first-order chi connectivity index (χ1) is 9.06. The molecule has 0 aliphatic rings. The van der Waals surface area contributed by atoms with Gasteiger partial charge in [0.1, 0.15) is 11.5 Å². The minimum atomic E-state index is -1.07. The number of carboxylic acids is 1. The number of aryl methyl sites for hydroxylation is 1. The first kappa shape index (κ1) is 11.5. The summed E-state index contributed by atoms with van der Waals surface area (Å²) in [6.07, 6.45) is 0. The van der Waals surface area contributed by atoms with Gasteiger partial charge in [0.25, 0.3) is 0 Å². The largest absolute Gasteiger partial charge is 0.477 e. The fraction of sp³-hybridized carbons (Fsp3) is 0.0769. The second-order valence-electron chi connectivity index (χ2n) is 4.29. The van der Waals surface area contributed by atoms with E-state index in [9.17, 15) is 9.18 Å². The molecule has 0 saturated heterocycles. The van der Waals surface area contributed by atoms with Crippen molar-refractivity contribution < 1.29 is 14.3 Å². The van der Waals surface area contributed by atoms with Gasteiger partial charge < -0.3 is 10.1 Å². The molecule has 5 nitrogen and oxygen atoms in total. The molecule has 0 radical (unpaired) electrons. The Morgan fingerprint density at radius 3 is 2.84 bits per heavy atom. The summed E-state index contributed by atoms with van der Waals surface area (Å²) in [5.41, 5.74) is 2.79. The van der Waals surface area contributed by atoms with Crippen molar-refractivity contribution in [1.29, 1.82) is 0 Å². The Labute approximate surface area is 107 Å². The van der Waals surface area contributed by atoms with Gasteiger partial charge in [-0.25, -0.2) is 9.18 Å². The van der Waals surface area contributed by atoms with Crippen LogP contribution >= 0.6 is 0 Å². The summed E-state index contributed by atoms with van der Waals surface area (Å²) < 4.78 is 13.2. The van der Waals surface area contributed by atoms with Crippen molar-refractivity contribution in [2.24, 2.45) is 0 Å². The Balaban J connectivity index is 2.23. The predicted octanol–water partition coefficient (Wildman–Crippen LogP) is 2.70. The van der Waals surface area contributed by atoms with E-state index >= 15 is 0 Å². The third kappa shape index (κ3) is 1.77. The van der Waals surface area contributed by atoms with Crippen LogP contribution in [0.1, 0.15) is 16.2 Å². The molecular formula is C13H10FN3O2. The maximum Gasteiger partial charge on any atom is 0.353 e. The molecule has 0 aliphatic heterocycles. The van der Waals surface area contributed by atoms with Crippen molar-refractivity contribution in [1.82, 2.24) is 15.2 Å². The highest BCUT2D eigenvalue weighted by Crippen LogP contribution is 2.31. The van der Waals surface area contributed by atoms with Gasteiger partial charge in [0.15, 0.2) is 0 Å². The van der Waals surface area contributed by atoms with E-state index in [1.165, 1.54) is 18.2 Å². The highest BCUT2D eigenvalue weighted by Gasteiger charge is 2.15. The number of aromatic amines is 2. The number of carbonyl (C=O) groups is 1. The van der Waals surface area contributed by atoms with E-state index in [0.29, 0.717) is 11.2 Å². The zero-order chi connectivity index (χ0) is 13.6. The van der Waals surface area contributed by atoms with Gasteiger partial charge in [-0.05, 0) is 31.2 Å². The average molecular weight is 259 g/mol. The fourth-order valence-corrected chi connectivity index (χ4v) is 2.19. The van der Waals surface area contributed by atoms with E-state index in [1.807, 2.05) is 6.92 Å². The van der Waals surface area contributed by atoms with Gasteiger partial charge in [-0.2, -0.15) is 5.10 Å². The van der Waals surface area contributed by atoms with E-state index in [0.717, 1.165) is 16.6 Å². The van der Waals surface area contributed by atoms with Crippen LogP contribution in [0.25, 0.3) is 22.2 Å². The number of H-pyrrole nitrogens is 2. The van der Waals surface area contributed by atoms with Crippen LogP contribution in [0.2, 0.25) is 0 Å². The lowest BCUT2D eigenvalue weighted by molar-refractivity contribution is 0.0690. The highest BCUT2D eigenvalue weighted by molar-refractivity contribution is 5.97. The molecule has 96 valence electrons. The van der Waals surface area contributed by atoms with E-state index < -0.39 is 5.97 Å². The zero-order valence-corrected chi connectivity index (χ0v) is 9.99. The van der Waals surface area contributed by atoms with Crippen molar-refractivity contribution in [2.75, 3.05) is 0 Å². The van der Waals surface area contributed by atoms with Crippen LogP contribution in [-0.4, -0.2) is 26.3 Å². The smallest absolute Gasteiger partial charge is 0.353 e. The molecule has 1 aromatic carbocycles. The number of hydrogen-bond acceptors (Lipinski definition) is 2. The summed E-state index contributed by atoms with van der Waals surface area (Å²) in [4.78, 5) is 13.9. The molecule has 0 spiro atoms. The number of rotatable bonds is 2. The van der Waals surface area contributed by atoms with Gasteiger partial charge in [0, 0.05) is 22.2 Å². The second kappa shape index (κ2) is 3.94. The summed E-state index contributed by atoms with van der Waals surface area (Å²) in [6, 6.07) is 5.88. The number of benzene rings is 1. The van der Waals surface area contributed by atoms with Crippen LogP contribution in [0.3, 0.4) is 0 Å². The number of aromatic carboxylic acids is 1. The monoisotopic (exact) mass is 259 g/mol. The van der Waals surface area contributed by atoms with E-state index in [1.54, 1.807) is 6.07 Å². The normalized spacial score (nSPS) is 11.1. The first-order valence-electron chi connectivity index (χ1n) is 5.63. The van der Waals surface area contributed by atoms with Gasteiger partial charge in [0.2, 0.25) is 0 Å². The summed E-state index contributed by atoms with van der Waals surface area (Å²) >= 11 is 0. The summed E-state index contributed by atoms with van der Waals surface area (Å²) in [7, 11) is 0. The Bertz CT molecular complexity index is 788. The number of halogens is 1. The number of hydrogen-bond donors (Lipinski definition) is 3. The molecule has 3 N–H and O–H groups in total. The lowest BCUT2D eigenvalue weighted by Crippen LogP contribution is -1.95. The highest BCUT2D eigenvalue weighted by atomic mass is 19.1. The van der Waals surface area contributed by atoms with E-state index in [2.05, 4.69) is 15.2 Å². The zero-order valence-electron chi connectivity index (χ0n) is 9.99. The van der Waals surface area contributed by atoms with Crippen molar-refractivity contribution in [3.63, 3.8) is 0 Å². The number of carboxylic acid groups (broad SMARTS) is 1. The molecule has 0 fully saturated rings. The fourth-order valence-electron chi connectivity index (χ4n) is 2.19. The van der Waals surface area contributed by atoms with Crippen molar-refractivity contribution in [3.8, 4) is 11.3 Å². The Hall–Kier alpha value is -2.63. The number of nitrogens with one attached hydrogen (secondary N) is 2. The molecular weight excluding hydrogens is 249 g/mol. The first-order valence-corrected chi connectivity index (χ1v) is 5.63. The number of aromatic nitrogens is 3. The van der Waals surface area contributed by atoms with Crippen LogP contribution < -0.4 is 0 Å². The van der Waals surface area contributed by atoms with Gasteiger partial charge in [-0.3, -0.25) is 5.10 Å². The molecule has 0 aliphatic carbocycles.